The molecule has 0 fully saturated rings. The highest BCUT2D eigenvalue weighted by molar-refractivity contribution is 7.99. The van der Waals surface area contributed by atoms with E-state index in [4.69, 9.17) is 5.11 Å². The number of aliphatic carboxylic acids is 1. The molecule has 1 heterocycles. The summed E-state index contributed by atoms with van der Waals surface area (Å²) < 4.78 is 0. The molecule has 0 amide bonds. The normalized spacial score (nSPS) is 10.6. The van der Waals surface area contributed by atoms with Gasteiger partial charge < -0.3 is 5.11 Å². The van der Waals surface area contributed by atoms with Gasteiger partial charge >= 0.3 is 5.97 Å². The SMILES string of the molecule is CC(C)Sc1nnc(CC(=O)O)c(=O)[nH]1. The molecule has 0 aliphatic heterocycles. The second kappa shape index (κ2) is 4.92. The number of nitrogens with one attached hydrogen (secondary N) is 1. The fraction of sp³-hybridized carbons (Fsp3) is 0.500. The van der Waals surface area contributed by atoms with E-state index in [0.717, 1.165) is 0 Å². The summed E-state index contributed by atoms with van der Waals surface area (Å²) in [4.78, 5) is 24.2. The second-order valence-corrected chi connectivity index (χ2v) is 4.71. The molecule has 15 heavy (non-hydrogen) atoms. The lowest BCUT2D eigenvalue weighted by Crippen LogP contribution is -2.20. The van der Waals surface area contributed by atoms with Crippen molar-refractivity contribution in [2.24, 2.45) is 0 Å². The van der Waals surface area contributed by atoms with E-state index < -0.39 is 17.9 Å². The third kappa shape index (κ3) is 3.70. The van der Waals surface area contributed by atoms with Crippen molar-refractivity contribution in [3.8, 4) is 0 Å². The van der Waals surface area contributed by atoms with Gasteiger partial charge in [-0.3, -0.25) is 14.6 Å². The lowest BCUT2D eigenvalue weighted by atomic mass is 10.3. The number of hydrogen-bond acceptors (Lipinski definition) is 5. The van der Waals surface area contributed by atoms with Crippen molar-refractivity contribution >= 4 is 17.7 Å². The standard InChI is InChI=1S/C8H11N3O3S/c1-4(2)15-8-9-7(14)5(10-11-8)3-6(12)13/h4H,3H2,1-2H3,(H,12,13)(H,9,11,14). The fourth-order valence-corrected chi connectivity index (χ4v) is 1.57. The molecule has 0 aliphatic rings. The van der Waals surface area contributed by atoms with E-state index in [0.29, 0.717) is 5.16 Å². The Balaban J connectivity index is 2.88. The van der Waals surface area contributed by atoms with Crippen molar-refractivity contribution < 1.29 is 9.90 Å². The predicted molar refractivity (Wildman–Crippen MR) is 55.0 cm³/mol. The summed E-state index contributed by atoms with van der Waals surface area (Å²) in [7, 11) is 0. The minimum atomic E-state index is -1.10. The van der Waals surface area contributed by atoms with Gasteiger partial charge in [-0.25, -0.2) is 0 Å². The Morgan fingerprint density at radius 3 is 2.67 bits per heavy atom. The summed E-state index contributed by atoms with van der Waals surface area (Å²) >= 11 is 1.36. The molecule has 1 aromatic rings. The van der Waals surface area contributed by atoms with Crippen molar-refractivity contribution in [2.75, 3.05) is 0 Å². The van der Waals surface area contributed by atoms with Gasteiger partial charge in [-0.2, -0.15) is 0 Å². The predicted octanol–water partition coefficient (Wildman–Crippen LogP) is 0.292. The van der Waals surface area contributed by atoms with Gasteiger partial charge in [0.1, 0.15) is 5.69 Å². The van der Waals surface area contributed by atoms with Gasteiger partial charge in [-0.05, 0) is 0 Å². The van der Waals surface area contributed by atoms with Gasteiger partial charge in [0.15, 0.2) is 5.16 Å². The average Bonchev–Trinajstić information content (AvgIpc) is 2.08. The average molecular weight is 229 g/mol. The fourth-order valence-electron chi connectivity index (χ4n) is 0.881. The minimum absolute atomic E-state index is 0.0735. The first-order valence-corrected chi connectivity index (χ1v) is 5.21. The van der Waals surface area contributed by atoms with E-state index in [1.807, 2.05) is 13.8 Å². The molecule has 1 aromatic heterocycles. The third-order valence-electron chi connectivity index (χ3n) is 1.41. The summed E-state index contributed by atoms with van der Waals surface area (Å²) in [5.74, 6) is -1.10. The summed E-state index contributed by atoms with van der Waals surface area (Å²) in [5, 5.41) is 16.5. The number of hydrogen-bond donors (Lipinski definition) is 2. The molecule has 0 aromatic carbocycles. The molecule has 7 heteroatoms. The molecule has 0 bridgehead atoms. The maximum absolute atomic E-state index is 11.3. The molecule has 0 unspecified atom stereocenters. The Hall–Kier alpha value is -1.37. The minimum Gasteiger partial charge on any atom is -0.481 e. The van der Waals surface area contributed by atoms with Gasteiger partial charge in [-0.15, -0.1) is 10.2 Å². The molecule has 1 rings (SSSR count). The van der Waals surface area contributed by atoms with Crippen molar-refractivity contribution in [3.05, 3.63) is 16.0 Å². The Morgan fingerprint density at radius 1 is 1.53 bits per heavy atom. The largest absolute Gasteiger partial charge is 0.481 e. The number of aromatic amines is 1. The molecule has 2 N–H and O–H groups in total. The topological polar surface area (TPSA) is 95.9 Å². The lowest BCUT2D eigenvalue weighted by Gasteiger charge is -2.02. The van der Waals surface area contributed by atoms with Crippen molar-refractivity contribution in [1.29, 1.82) is 0 Å². The molecule has 0 aliphatic carbocycles. The van der Waals surface area contributed by atoms with Gasteiger partial charge in [-0.1, -0.05) is 25.6 Å². The van der Waals surface area contributed by atoms with Crippen molar-refractivity contribution in [1.82, 2.24) is 15.2 Å². The van der Waals surface area contributed by atoms with E-state index in [1.54, 1.807) is 0 Å². The number of nitrogens with zero attached hydrogens (tertiary/aromatic N) is 2. The zero-order valence-electron chi connectivity index (χ0n) is 8.35. The highest BCUT2D eigenvalue weighted by atomic mass is 32.2. The van der Waals surface area contributed by atoms with Crippen LogP contribution in [0.4, 0.5) is 0 Å². The van der Waals surface area contributed by atoms with Crippen LogP contribution in [0.3, 0.4) is 0 Å². The Bertz CT molecular complexity index is 416. The molecular weight excluding hydrogens is 218 g/mol. The van der Waals surface area contributed by atoms with Crippen LogP contribution < -0.4 is 5.56 Å². The first kappa shape index (κ1) is 11.7. The molecule has 0 atom stereocenters. The van der Waals surface area contributed by atoms with E-state index in [9.17, 15) is 9.59 Å². The number of rotatable bonds is 4. The highest BCUT2D eigenvalue weighted by Gasteiger charge is 2.09. The first-order valence-electron chi connectivity index (χ1n) is 4.33. The summed E-state index contributed by atoms with van der Waals surface area (Å²) in [6.07, 6.45) is -0.408. The Labute approximate surface area is 90.1 Å². The quantitative estimate of drug-likeness (QED) is 0.720. The summed E-state index contributed by atoms with van der Waals surface area (Å²) in [5.41, 5.74) is -0.564. The Kier molecular flexibility index (Phi) is 3.84. The van der Waals surface area contributed by atoms with Crippen LogP contribution in [0.5, 0.6) is 0 Å². The molecule has 82 valence electrons. The molecule has 0 saturated carbocycles. The molecule has 0 spiro atoms. The van der Waals surface area contributed by atoms with Crippen molar-refractivity contribution in [3.63, 3.8) is 0 Å². The number of carboxylic acids is 1. The van der Waals surface area contributed by atoms with Gasteiger partial charge in [0, 0.05) is 5.25 Å². The van der Waals surface area contributed by atoms with E-state index in [-0.39, 0.29) is 10.9 Å². The van der Waals surface area contributed by atoms with Crippen LogP contribution in [0.15, 0.2) is 9.95 Å². The maximum Gasteiger partial charge on any atom is 0.309 e. The molecule has 6 nitrogen and oxygen atoms in total. The van der Waals surface area contributed by atoms with E-state index >= 15 is 0 Å². The molecular formula is C8H11N3O3S. The van der Waals surface area contributed by atoms with Gasteiger partial charge in [0.05, 0.1) is 6.42 Å². The van der Waals surface area contributed by atoms with Crippen molar-refractivity contribution in [2.45, 2.75) is 30.7 Å². The molecule has 0 radical (unpaired) electrons. The summed E-state index contributed by atoms with van der Waals surface area (Å²) in [6, 6.07) is 0. The first-order chi connectivity index (χ1) is 6.99. The number of aromatic nitrogens is 3. The van der Waals surface area contributed by atoms with E-state index in [2.05, 4.69) is 15.2 Å². The smallest absolute Gasteiger partial charge is 0.309 e. The van der Waals surface area contributed by atoms with Gasteiger partial charge in [0.25, 0.3) is 5.56 Å². The second-order valence-electron chi connectivity index (χ2n) is 3.14. The Morgan fingerprint density at radius 2 is 2.20 bits per heavy atom. The number of carboxylic acid groups (broad SMARTS) is 1. The number of thioether (sulfide) groups is 1. The lowest BCUT2D eigenvalue weighted by molar-refractivity contribution is -0.136. The third-order valence-corrected chi connectivity index (χ3v) is 2.29. The number of carbonyl (C=O) groups is 1. The van der Waals surface area contributed by atoms with Crippen LogP contribution in [0.1, 0.15) is 19.5 Å². The van der Waals surface area contributed by atoms with Crippen LogP contribution in [-0.4, -0.2) is 31.5 Å². The van der Waals surface area contributed by atoms with Crippen LogP contribution in [0, 0.1) is 0 Å². The molecule has 0 saturated heterocycles. The highest BCUT2D eigenvalue weighted by Crippen LogP contribution is 2.15. The zero-order chi connectivity index (χ0) is 11.4. The van der Waals surface area contributed by atoms with Crippen LogP contribution in [0.2, 0.25) is 0 Å². The number of H-pyrrole nitrogens is 1. The van der Waals surface area contributed by atoms with Gasteiger partial charge in [0.2, 0.25) is 0 Å². The van der Waals surface area contributed by atoms with E-state index in [1.165, 1.54) is 11.8 Å². The van der Waals surface area contributed by atoms with Crippen LogP contribution >= 0.6 is 11.8 Å². The van der Waals surface area contributed by atoms with Crippen LogP contribution in [0.25, 0.3) is 0 Å². The zero-order valence-corrected chi connectivity index (χ0v) is 9.17. The van der Waals surface area contributed by atoms with Crippen LogP contribution in [-0.2, 0) is 11.2 Å². The monoisotopic (exact) mass is 229 g/mol. The maximum atomic E-state index is 11.3. The summed E-state index contributed by atoms with van der Waals surface area (Å²) in [6.45, 7) is 3.91.